The Labute approximate surface area is 170 Å². The maximum absolute atomic E-state index is 12.3. The van der Waals surface area contributed by atoms with Crippen molar-refractivity contribution in [1.29, 1.82) is 0 Å². The molecule has 0 saturated heterocycles. The number of aryl methyl sites for hydroxylation is 1. The molecule has 28 heavy (non-hydrogen) atoms. The lowest BCUT2D eigenvalue weighted by molar-refractivity contribution is -0.120. The molecule has 1 aliphatic carbocycles. The molecule has 1 atom stereocenters. The van der Waals surface area contributed by atoms with Gasteiger partial charge in [0.15, 0.2) is 6.61 Å². The van der Waals surface area contributed by atoms with Crippen LogP contribution in [-0.2, 0) is 11.4 Å². The number of amides is 1. The molecular weight excluding hydrogens is 374 g/mol. The molecule has 1 amide bonds. The zero-order valence-corrected chi connectivity index (χ0v) is 17.3. The molecule has 1 aromatic carbocycles. The maximum atomic E-state index is 12.3. The van der Waals surface area contributed by atoms with Gasteiger partial charge in [-0.1, -0.05) is 35.5 Å². The molecule has 0 aliphatic heterocycles. The van der Waals surface area contributed by atoms with Gasteiger partial charge < -0.3 is 14.5 Å². The predicted octanol–water partition coefficient (Wildman–Crippen LogP) is 4.44. The summed E-state index contributed by atoms with van der Waals surface area (Å²) in [5, 5.41) is 11.1. The van der Waals surface area contributed by atoms with Crippen molar-refractivity contribution in [3.8, 4) is 5.75 Å². The number of nitrogens with one attached hydrogen (secondary N) is 1. The van der Waals surface area contributed by atoms with Crippen LogP contribution < -0.4 is 10.1 Å². The highest BCUT2D eigenvalue weighted by Gasteiger charge is 2.18. The standard InChI is InChI=1S/C21H27N3O3S/c1-15-7-6-10-18(13-15)26-14-19-23-24-21(27-19)28-16(2)20(25)22-12-11-17-8-4-3-5-9-17/h6-8,10,13,16H,3-5,9,11-12,14H2,1-2H3,(H,22,25). The van der Waals surface area contributed by atoms with E-state index in [9.17, 15) is 4.79 Å². The fourth-order valence-corrected chi connectivity index (χ4v) is 3.75. The number of ether oxygens (including phenoxy) is 1. The van der Waals surface area contributed by atoms with Crippen LogP contribution in [0, 0.1) is 6.92 Å². The normalized spacial score (nSPS) is 15.0. The third-order valence-corrected chi connectivity index (χ3v) is 5.51. The molecular formula is C21H27N3O3S. The Morgan fingerprint density at radius 2 is 2.25 bits per heavy atom. The van der Waals surface area contributed by atoms with Crippen molar-refractivity contribution in [2.45, 2.75) is 63.0 Å². The van der Waals surface area contributed by atoms with Crippen LogP contribution in [0.15, 0.2) is 45.6 Å². The fourth-order valence-electron chi connectivity index (χ4n) is 3.02. The van der Waals surface area contributed by atoms with Crippen LogP contribution in [0.1, 0.15) is 50.5 Å². The SMILES string of the molecule is Cc1cccc(OCc2nnc(SC(C)C(=O)NCCC3=CCCCC3)o2)c1. The summed E-state index contributed by atoms with van der Waals surface area (Å²) >= 11 is 1.26. The highest BCUT2D eigenvalue weighted by molar-refractivity contribution is 8.00. The van der Waals surface area contributed by atoms with Crippen molar-refractivity contribution < 1.29 is 13.9 Å². The zero-order chi connectivity index (χ0) is 19.8. The molecule has 3 rings (SSSR count). The highest BCUT2D eigenvalue weighted by atomic mass is 32.2. The van der Waals surface area contributed by atoms with Gasteiger partial charge >= 0.3 is 0 Å². The van der Waals surface area contributed by atoms with Crippen molar-refractivity contribution in [3.05, 3.63) is 47.4 Å². The molecule has 0 radical (unpaired) electrons. The van der Waals surface area contributed by atoms with Crippen LogP contribution in [0.25, 0.3) is 0 Å². The lowest BCUT2D eigenvalue weighted by Gasteiger charge is -2.14. The van der Waals surface area contributed by atoms with E-state index in [1.165, 1.54) is 36.6 Å². The Bertz CT molecular complexity index is 819. The molecule has 1 N–H and O–H groups in total. The van der Waals surface area contributed by atoms with Gasteiger partial charge in [0.05, 0.1) is 5.25 Å². The second-order valence-corrected chi connectivity index (χ2v) is 8.27. The molecule has 0 spiro atoms. The predicted molar refractivity (Wildman–Crippen MR) is 109 cm³/mol. The molecule has 7 heteroatoms. The molecule has 2 aromatic rings. The lowest BCUT2D eigenvalue weighted by atomic mass is 9.97. The molecule has 6 nitrogen and oxygen atoms in total. The van der Waals surface area contributed by atoms with E-state index >= 15 is 0 Å². The molecule has 1 aromatic heterocycles. The van der Waals surface area contributed by atoms with Crippen molar-refractivity contribution in [2.75, 3.05) is 6.54 Å². The van der Waals surface area contributed by atoms with Gasteiger partial charge in [0.2, 0.25) is 5.91 Å². The largest absolute Gasteiger partial charge is 0.484 e. The minimum Gasteiger partial charge on any atom is -0.484 e. The van der Waals surface area contributed by atoms with Gasteiger partial charge in [0.1, 0.15) is 5.75 Å². The summed E-state index contributed by atoms with van der Waals surface area (Å²) in [5.41, 5.74) is 2.58. The van der Waals surface area contributed by atoms with Gasteiger partial charge in [0, 0.05) is 6.54 Å². The quantitative estimate of drug-likeness (QED) is 0.494. The number of thioether (sulfide) groups is 1. The number of benzene rings is 1. The highest BCUT2D eigenvalue weighted by Crippen LogP contribution is 2.23. The number of hydrogen-bond acceptors (Lipinski definition) is 6. The van der Waals surface area contributed by atoms with E-state index in [1.54, 1.807) is 0 Å². The second-order valence-electron chi connectivity index (χ2n) is 6.98. The van der Waals surface area contributed by atoms with Gasteiger partial charge in [-0.15, -0.1) is 10.2 Å². The van der Waals surface area contributed by atoms with Crippen LogP contribution in [0.3, 0.4) is 0 Å². The maximum Gasteiger partial charge on any atom is 0.277 e. The monoisotopic (exact) mass is 401 g/mol. The summed E-state index contributed by atoms with van der Waals surface area (Å²) in [6, 6.07) is 7.77. The Hall–Kier alpha value is -2.28. The summed E-state index contributed by atoms with van der Waals surface area (Å²) in [6.45, 7) is 4.72. The van der Waals surface area contributed by atoms with Gasteiger partial charge in [-0.25, -0.2) is 0 Å². The average Bonchev–Trinajstić information content (AvgIpc) is 3.14. The van der Waals surface area contributed by atoms with Gasteiger partial charge in [-0.05, 0) is 63.6 Å². The number of carbonyl (C=O) groups is 1. The summed E-state index contributed by atoms with van der Waals surface area (Å²) in [4.78, 5) is 12.3. The summed E-state index contributed by atoms with van der Waals surface area (Å²) in [7, 11) is 0. The van der Waals surface area contributed by atoms with Gasteiger partial charge in [-0.2, -0.15) is 0 Å². The first kappa shape index (κ1) is 20.5. The van der Waals surface area contributed by atoms with E-state index < -0.39 is 0 Å². The van der Waals surface area contributed by atoms with E-state index in [0.717, 1.165) is 24.2 Å². The minimum absolute atomic E-state index is 0.0165. The molecule has 1 aliphatic rings. The fraction of sp³-hybridized carbons (Fsp3) is 0.476. The van der Waals surface area contributed by atoms with E-state index in [1.807, 2.05) is 38.1 Å². The van der Waals surface area contributed by atoms with E-state index in [-0.39, 0.29) is 17.8 Å². The van der Waals surface area contributed by atoms with Crippen LogP contribution in [0.4, 0.5) is 0 Å². The number of aromatic nitrogens is 2. The second kappa shape index (κ2) is 10.3. The zero-order valence-electron chi connectivity index (χ0n) is 16.4. The lowest BCUT2D eigenvalue weighted by Crippen LogP contribution is -2.31. The van der Waals surface area contributed by atoms with Crippen LogP contribution in [0.5, 0.6) is 5.75 Å². The molecule has 150 valence electrons. The third kappa shape index (κ3) is 6.41. The first-order valence-corrected chi connectivity index (χ1v) is 10.6. The number of rotatable bonds is 9. The number of nitrogens with zero attached hydrogens (tertiary/aromatic N) is 2. The van der Waals surface area contributed by atoms with Crippen molar-refractivity contribution in [2.24, 2.45) is 0 Å². The van der Waals surface area contributed by atoms with E-state index in [2.05, 4.69) is 21.6 Å². The van der Waals surface area contributed by atoms with Crippen LogP contribution >= 0.6 is 11.8 Å². The topological polar surface area (TPSA) is 77.2 Å². The number of carbonyl (C=O) groups excluding carboxylic acids is 1. The molecule has 0 bridgehead atoms. The number of hydrogen-bond donors (Lipinski definition) is 1. The summed E-state index contributed by atoms with van der Waals surface area (Å²) in [5.74, 6) is 1.13. The minimum atomic E-state index is -0.300. The molecule has 1 unspecified atom stereocenters. The average molecular weight is 402 g/mol. The molecule has 1 heterocycles. The Morgan fingerprint density at radius 3 is 3.04 bits per heavy atom. The molecule has 0 saturated carbocycles. The number of allylic oxidation sites excluding steroid dienone is 1. The Kier molecular flexibility index (Phi) is 7.54. The Morgan fingerprint density at radius 1 is 1.36 bits per heavy atom. The third-order valence-electron chi connectivity index (χ3n) is 4.58. The molecule has 0 fully saturated rings. The van der Waals surface area contributed by atoms with Crippen molar-refractivity contribution in [3.63, 3.8) is 0 Å². The smallest absolute Gasteiger partial charge is 0.277 e. The van der Waals surface area contributed by atoms with Crippen LogP contribution in [-0.4, -0.2) is 27.9 Å². The van der Waals surface area contributed by atoms with Crippen molar-refractivity contribution >= 4 is 17.7 Å². The summed E-state index contributed by atoms with van der Waals surface area (Å²) < 4.78 is 11.2. The van der Waals surface area contributed by atoms with Crippen LogP contribution in [0.2, 0.25) is 0 Å². The summed E-state index contributed by atoms with van der Waals surface area (Å²) in [6.07, 6.45) is 8.12. The first-order chi connectivity index (χ1) is 13.6. The first-order valence-electron chi connectivity index (χ1n) is 9.74. The Balaban J connectivity index is 1.40. The van der Waals surface area contributed by atoms with Crippen molar-refractivity contribution in [1.82, 2.24) is 15.5 Å². The van der Waals surface area contributed by atoms with Gasteiger partial charge in [-0.3, -0.25) is 4.79 Å². The van der Waals surface area contributed by atoms with Gasteiger partial charge in [0.25, 0.3) is 11.1 Å². The van der Waals surface area contributed by atoms with E-state index in [0.29, 0.717) is 17.7 Å². The van der Waals surface area contributed by atoms with E-state index in [4.69, 9.17) is 9.15 Å².